The summed E-state index contributed by atoms with van der Waals surface area (Å²) in [5.41, 5.74) is 6.95. The number of nitrogens with two attached hydrogens (primary N) is 1. The van der Waals surface area contributed by atoms with E-state index in [4.69, 9.17) is 15.2 Å². The average Bonchev–Trinajstić information content (AvgIpc) is 2.51. The van der Waals surface area contributed by atoms with E-state index in [0.29, 0.717) is 6.54 Å². The number of benzene rings is 1. The highest BCUT2D eigenvalue weighted by atomic mass is 16.5. The first-order valence-corrected chi connectivity index (χ1v) is 7.14. The highest BCUT2D eigenvalue weighted by Crippen LogP contribution is 2.28. The molecule has 1 unspecified atom stereocenters. The molecule has 0 radical (unpaired) electrons. The van der Waals surface area contributed by atoms with Crippen LogP contribution in [0.5, 0.6) is 11.5 Å². The van der Waals surface area contributed by atoms with E-state index < -0.39 is 0 Å². The molecule has 1 atom stereocenters. The molecular formula is C17H26N2O2. The van der Waals surface area contributed by atoms with Crippen molar-refractivity contribution in [3.63, 3.8) is 0 Å². The van der Waals surface area contributed by atoms with Gasteiger partial charge in [-0.3, -0.25) is 0 Å². The summed E-state index contributed by atoms with van der Waals surface area (Å²) in [6.45, 7) is 5.37. The average molecular weight is 290 g/mol. The van der Waals surface area contributed by atoms with Crippen LogP contribution in [-0.4, -0.2) is 32.8 Å². The molecule has 0 aliphatic heterocycles. The van der Waals surface area contributed by atoms with E-state index in [1.165, 1.54) is 0 Å². The molecule has 0 aliphatic rings. The lowest BCUT2D eigenvalue weighted by Gasteiger charge is -2.29. The summed E-state index contributed by atoms with van der Waals surface area (Å²) in [5.74, 6) is 7.43. The van der Waals surface area contributed by atoms with Crippen LogP contribution in [0.15, 0.2) is 18.2 Å². The predicted octanol–water partition coefficient (Wildman–Crippen LogP) is 1.97. The number of methoxy groups -OCH3 is 2. The van der Waals surface area contributed by atoms with Crippen LogP contribution in [0.3, 0.4) is 0 Å². The van der Waals surface area contributed by atoms with Crippen molar-refractivity contribution in [2.45, 2.75) is 32.2 Å². The smallest absolute Gasteiger partial charge is 0.160 e. The molecule has 0 fully saturated rings. The zero-order chi connectivity index (χ0) is 15.7. The summed E-state index contributed by atoms with van der Waals surface area (Å²) in [6, 6.07) is 5.97. The van der Waals surface area contributed by atoms with E-state index in [9.17, 15) is 0 Å². The SMILES string of the molecule is CC#CCCNC(C)(CN)Cc1ccc(OC)c(OC)c1. The van der Waals surface area contributed by atoms with Crippen LogP contribution in [0, 0.1) is 11.8 Å². The first kappa shape index (κ1) is 17.4. The van der Waals surface area contributed by atoms with E-state index in [1.807, 2.05) is 25.1 Å². The van der Waals surface area contributed by atoms with Crippen molar-refractivity contribution < 1.29 is 9.47 Å². The quantitative estimate of drug-likeness (QED) is 0.568. The Labute approximate surface area is 128 Å². The maximum absolute atomic E-state index is 5.94. The fraction of sp³-hybridized carbons (Fsp3) is 0.529. The van der Waals surface area contributed by atoms with Crippen LogP contribution < -0.4 is 20.5 Å². The third kappa shape index (κ3) is 5.30. The lowest BCUT2D eigenvalue weighted by Crippen LogP contribution is -2.50. The van der Waals surface area contributed by atoms with Gasteiger partial charge in [0.1, 0.15) is 0 Å². The van der Waals surface area contributed by atoms with Crippen molar-refractivity contribution in [3.8, 4) is 23.3 Å². The topological polar surface area (TPSA) is 56.5 Å². The third-order valence-electron chi connectivity index (χ3n) is 3.47. The minimum Gasteiger partial charge on any atom is -0.493 e. The lowest BCUT2D eigenvalue weighted by atomic mass is 9.92. The highest BCUT2D eigenvalue weighted by molar-refractivity contribution is 5.43. The minimum absolute atomic E-state index is 0.158. The van der Waals surface area contributed by atoms with Crippen molar-refractivity contribution in [2.75, 3.05) is 27.3 Å². The Morgan fingerprint density at radius 3 is 2.52 bits per heavy atom. The standard InChI is InChI=1S/C17H26N2O2/c1-5-6-7-10-19-17(2,13-18)12-14-8-9-15(20-3)16(11-14)21-4/h8-9,11,19H,7,10,12-13,18H2,1-4H3. The normalized spacial score (nSPS) is 13.0. The molecule has 1 rings (SSSR count). The van der Waals surface area contributed by atoms with Crippen LogP contribution in [0.4, 0.5) is 0 Å². The maximum Gasteiger partial charge on any atom is 0.160 e. The molecule has 0 heterocycles. The fourth-order valence-corrected chi connectivity index (χ4v) is 2.20. The molecule has 21 heavy (non-hydrogen) atoms. The van der Waals surface area contributed by atoms with Crippen molar-refractivity contribution in [1.29, 1.82) is 0 Å². The Balaban J connectivity index is 2.77. The highest BCUT2D eigenvalue weighted by Gasteiger charge is 2.22. The number of nitrogens with one attached hydrogen (secondary N) is 1. The number of hydrogen-bond donors (Lipinski definition) is 2. The number of hydrogen-bond acceptors (Lipinski definition) is 4. The van der Waals surface area contributed by atoms with E-state index in [0.717, 1.165) is 36.4 Å². The van der Waals surface area contributed by atoms with Crippen molar-refractivity contribution >= 4 is 0 Å². The summed E-state index contributed by atoms with van der Waals surface area (Å²) < 4.78 is 10.6. The number of ether oxygens (including phenoxy) is 2. The van der Waals surface area contributed by atoms with Crippen molar-refractivity contribution in [3.05, 3.63) is 23.8 Å². The zero-order valence-corrected chi connectivity index (χ0v) is 13.5. The van der Waals surface area contributed by atoms with Gasteiger partial charge in [-0.1, -0.05) is 6.07 Å². The molecule has 0 saturated heterocycles. The largest absolute Gasteiger partial charge is 0.493 e. The van der Waals surface area contributed by atoms with Crippen molar-refractivity contribution in [1.82, 2.24) is 5.32 Å². The van der Waals surface area contributed by atoms with Gasteiger partial charge < -0.3 is 20.5 Å². The molecule has 0 aliphatic carbocycles. The summed E-state index contributed by atoms with van der Waals surface area (Å²) >= 11 is 0. The van der Waals surface area contributed by atoms with Gasteiger partial charge in [0.05, 0.1) is 14.2 Å². The van der Waals surface area contributed by atoms with E-state index in [2.05, 4.69) is 24.1 Å². The van der Waals surface area contributed by atoms with Gasteiger partial charge in [-0.05, 0) is 38.0 Å². The monoisotopic (exact) mass is 290 g/mol. The van der Waals surface area contributed by atoms with Crippen LogP contribution in [-0.2, 0) is 6.42 Å². The molecule has 0 saturated carbocycles. The van der Waals surface area contributed by atoms with Gasteiger partial charge in [-0.2, -0.15) is 0 Å². The summed E-state index contributed by atoms with van der Waals surface area (Å²) in [7, 11) is 3.28. The Bertz CT molecular complexity index is 505. The van der Waals surface area contributed by atoms with E-state index in [1.54, 1.807) is 14.2 Å². The second-order valence-electron chi connectivity index (χ2n) is 5.23. The summed E-state index contributed by atoms with van der Waals surface area (Å²) in [6.07, 6.45) is 1.65. The predicted molar refractivity (Wildman–Crippen MR) is 86.8 cm³/mol. The molecule has 0 amide bonds. The van der Waals surface area contributed by atoms with Gasteiger partial charge in [0.15, 0.2) is 11.5 Å². The Morgan fingerprint density at radius 2 is 1.95 bits per heavy atom. The van der Waals surface area contributed by atoms with E-state index >= 15 is 0 Å². The molecule has 0 bridgehead atoms. The molecule has 3 N–H and O–H groups in total. The number of rotatable bonds is 8. The molecule has 1 aromatic carbocycles. The van der Waals surface area contributed by atoms with E-state index in [-0.39, 0.29) is 5.54 Å². The van der Waals surface area contributed by atoms with Gasteiger partial charge in [0.2, 0.25) is 0 Å². The third-order valence-corrected chi connectivity index (χ3v) is 3.47. The first-order valence-electron chi connectivity index (χ1n) is 7.14. The Hall–Kier alpha value is -1.70. The molecule has 0 aromatic heterocycles. The molecular weight excluding hydrogens is 264 g/mol. The van der Waals surface area contributed by atoms with Gasteiger partial charge in [-0.15, -0.1) is 11.8 Å². The van der Waals surface area contributed by atoms with Gasteiger partial charge in [-0.25, -0.2) is 0 Å². The van der Waals surface area contributed by atoms with Gasteiger partial charge in [0, 0.05) is 25.0 Å². The van der Waals surface area contributed by atoms with Crippen LogP contribution in [0.25, 0.3) is 0 Å². The first-order chi connectivity index (χ1) is 10.1. The molecule has 4 heteroatoms. The van der Waals surface area contributed by atoms with Crippen LogP contribution in [0.1, 0.15) is 25.8 Å². The summed E-state index contributed by atoms with van der Waals surface area (Å²) in [4.78, 5) is 0. The Kier molecular flexibility index (Phi) is 7.07. The second kappa shape index (κ2) is 8.56. The zero-order valence-electron chi connectivity index (χ0n) is 13.5. The van der Waals surface area contributed by atoms with Crippen LogP contribution in [0.2, 0.25) is 0 Å². The molecule has 4 nitrogen and oxygen atoms in total. The molecule has 1 aromatic rings. The van der Waals surface area contributed by atoms with Crippen molar-refractivity contribution in [2.24, 2.45) is 5.73 Å². The lowest BCUT2D eigenvalue weighted by molar-refractivity contribution is 0.350. The van der Waals surface area contributed by atoms with Gasteiger partial charge >= 0.3 is 0 Å². The maximum atomic E-state index is 5.94. The molecule has 116 valence electrons. The Morgan fingerprint density at radius 1 is 1.24 bits per heavy atom. The minimum atomic E-state index is -0.158. The molecule has 0 spiro atoms. The fourth-order valence-electron chi connectivity index (χ4n) is 2.20. The summed E-state index contributed by atoms with van der Waals surface area (Å²) in [5, 5.41) is 3.50. The van der Waals surface area contributed by atoms with Crippen LogP contribution >= 0.6 is 0 Å². The second-order valence-corrected chi connectivity index (χ2v) is 5.23. The van der Waals surface area contributed by atoms with Gasteiger partial charge in [0.25, 0.3) is 0 Å².